The standard InChI is InChI=1S/C16H27NO7/c1-4-5-16(15(22)23-3)7-11(19)10(6-9(2)18)14(24-16)13(21)12(20)8-17/h4,10-14,19-21H,1,5-8,17H2,2-3H3/t10?,11?,12-,13-,14?,16?/m1/s1. The van der Waals surface area contributed by atoms with Gasteiger partial charge in [0.15, 0.2) is 5.60 Å². The van der Waals surface area contributed by atoms with Crippen LogP contribution in [0.15, 0.2) is 12.7 Å². The lowest BCUT2D eigenvalue weighted by Crippen LogP contribution is -2.61. The van der Waals surface area contributed by atoms with Crippen molar-refractivity contribution in [2.24, 2.45) is 11.7 Å². The van der Waals surface area contributed by atoms with Crippen LogP contribution in [0.2, 0.25) is 0 Å². The SMILES string of the molecule is C=CCC1(C(=O)OC)CC(O)C(CC(C)=O)C([C@H](O)[C@H](O)CN)O1. The number of ether oxygens (including phenoxy) is 2. The molecule has 8 nitrogen and oxygen atoms in total. The van der Waals surface area contributed by atoms with Gasteiger partial charge in [0.2, 0.25) is 0 Å². The van der Waals surface area contributed by atoms with Crippen molar-refractivity contribution in [3.63, 3.8) is 0 Å². The van der Waals surface area contributed by atoms with Crippen LogP contribution >= 0.6 is 0 Å². The highest BCUT2D eigenvalue weighted by atomic mass is 16.6. The fraction of sp³-hybridized carbons (Fsp3) is 0.750. The highest BCUT2D eigenvalue weighted by molar-refractivity contribution is 5.80. The summed E-state index contributed by atoms with van der Waals surface area (Å²) >= 11 is 0. The first-order valence-electron chi connectivity index (χ1n) is 7.83. The van der Waals surface area contributed by atoms with Gasteiger partial charge in [-0.1, -0.05) is 6.08 Å². The van der Waals surface area contributed by atoms with Crippen LogP contribution in [0, 0.1) is 5.92 Å². The average Bonchev–Trinajstić information content (AvgIpc) is 2.54. The molecular weight excluding hydrogens is 318 g/mol. The lowest BCUT2D eigenvalue weighted by molar-refractivity contribution is -0.238. The van der Waals surface area contributed by atoms with Crippen molar-refractivity contribution in [2.45, 2.75) is 56.2 Å². The van der Waals surface area contributed by atoms with E-state index in [2.05, 4.69) is 6.58 Å². The number of ketones is 1. The molecule has 1 fully saturated rings. The second kappa shape index (κ2) is 8.68. The predicted octanol–water partition coefficient (Wildman–Crippen LogP) is -1.10. The van der Waals surface area contributed by atoms with Gasteiger partial charge in [-0.15, -0.1) is 6.58 Å². The molecule has 0 aromatic heterocycles. The molecule has 6 atom stereocenters. The number of carbonyl (C=O) groups excluding carboxylic acids is 2. The molecule has 4 unspecified atom stereocenters. The fourth-order valence-corrected chi connectivity index (χ4v) is 3.14. The molecule has 0 amide bonds. The van der Waals surface area contributed by atoms with Gasteiger partial charge in [-0.3, -0.25) is 0 Å². The van der Waals surface area contributed by atoms with E-state index in [1.807, 2.05) is 0 Å². The molecule has 8 heteroatoms. The van der Waals surface area contributed by atoms with Crippen LogP contribution in [-0.4, -0.2) is 70.7 Å². The second-order valence-electron chi connectivity index (χ2n) is 6.20. The number of aliphatic hydroxyl groups is 3. The zero-order chi connectivity index (χ0) is 18.5. The summed E-state index contributed by atoms with van der Waals surface area (Å²) in [5.74, 6) is -1.71. The third-order valence-electron chi connectivity index (χ3n) is 4.34. The molecule has 1 saturated heterocycles. The van der Waals surface area contributed by atoms with Gasteiger partial charge in [-0.05, 0) is 6.92 Å². The van der Waals surface area contributed by atoms with Gasteiger partial charge in [-0.25, -0.2) is 4.79 Å². The van der Waals surface area contributed by atoms with Crippen LogP contribution in [0.5, 0.6) is 0 Å². The lowest BCUT2D eigenvalue weighted by Gasteiger charge is -2.47. The van der Waals surface area contributed by atoms with Crippen molar-refractivity contribution in [3.05, 3.63) is 12.7 Å². The molecule has 0 bridgehead atoms. The Morgan fingerprint density at radius 1 is 1.50 bits per heavy atom. The summed E-state index contributed by atoms with van der Waals surface area (Å²) in [4.78, 5) is 23.7. The van der Waals surface area contributed by atoms with Crippen molar-refractivity contribution in [1.29, 1.82) is 0 Å². The second-order valence-corrected chi connectivity index (χ2v) is 6.20. The Morgan fingerprint density at radius 3 is 2.58 bits per heavy atom. The molecule has 0 aliphatic carbocycles. The first kappa shape index (κ1) is 20.7. The fourth-order valence-electron chi connectivity index (χ4n) is 3.14. The Bertz CT molecular complexity index is 469. The van der Waals surface area contributed by atoms with Crippen LogP contribution in [0.3, 0.4) is 0 Å². The molecule has 1 aliphatic rings. The first-order chi connectivity index (χ1) is 11.2. The summed E-state index contributed by atoms with van der Waals surface area (Å²) < 4.78 is 10.6. The largest absolute Gasteiger partial charge is 0.467 e. The van der Waals surface area contributed by atoms with E-state index in [1.165, 1.54) is 20.1 Å². The maximum absolute atomic E-state index is 12.2. The number of methoxy groups -OCH3 is 1. The Morgan fingerprint density at radius 2 is 2.12 bits per heavy atom. The smallest absolute Gasteiger partial charge is 0.338 e. The van der Waals surface area contributed by atoms with Crippen LogP contribution in [0.25, 0.3) is 0 Å². The number of aliphatic hydroxyl groups excluding tert-OH is 3. The molecule has 0 aromatic rings. The van der Waals surface area contributed by atoms with Gasteiger partial charge in [-0.2, -0.15) is 0 Å². The third kappa shape index (κ3) is 4.40. The first-order valence-corrected chi connectivity index (χ1v) is 7.83. The maximum atomic E-state index is 12.2. The van der Waals surface area contributed by atoms with Gasteiger partial charge >= 0.3 is 5.97 Å². The molecular formula is C16H27NO7. The van der Waals surface area contributed by atoms with Crippen LogP contribution in [0.1, 0.15) is 26.2 Å². The van der Waals surface area contributed by atoms with Crippen LogP contribution in [0.4, 0.5) is 0 Å². The quantitative estimate of drug-likeness (QED) is 0.321. The minimum absolute atomic E-state index is 0.0471. The summed E-state index contributed by atoms with van der Waals surface area (Å²) in [6.45, 7) is 4.68. The molecule has 0 aromatic carbocycles. The maximum Gasteiger partial charge on any atom is 0.338 e. The Balaban J connectivity index is 3.23. The number of Topliss-reactive ketones (excluding diaryl/α,β-unsaturated/α-hetero) is 1. The summed E-state index contributed by atoms with van der Waals surface area (Å²) in [5, 5.41) is 30.7. The van der Waals surface area contributed by atoms with Crippen molar-refractivity contribution in [3.8, 4) is 0 Å². The molecule has 0 spiro atoms. The molecule has 1 aliphatic heterocycles. The summed E-state index contributed by atoms with van der Waals surface area (Å²) in [6.07, 6.45) is -3.74. The van der Waals surface area contributed by atoms with E-state index in [0.29, 0.717) is 0 Å². The van der Waals surface area contributed by atoms with Crippen LogP contribution in [-0.2, 0) is 19.1 Å². The lowest BCUT2D eigenvalue weighted by atomic mass is 9.76. The van der Waals surface area contributed by atoms with E-state index in [0.717, 1.165) is 0 Å². The highest BCUT2D eigenvalue weighted by Crippen LogP contribution is 2.39. The van der Waals surface area contributed by atoms with Crippen molar-refractivity contribution < 1.29 is 34.4 Å². The molecule has 5 N–H and O–H groups in total. The number of hydrogen-bond donors (Lipinski definition) is 4. The molecule has 0 radical (unpaired) electrons. The Labute approximate surface area is 141 Å². The summed E-state index contributed by atoms with van der Waals surface area (Å²) in [7, 11) is 1.19. The molecule has 138 valence electrons. The average molecular weight is 345 g/mol. The normalized spacial score (nSPS) is 32.7. The van der Waals surface area contributed by atoms with Gasteiger partial charge in [0.1, 0.15) is 11.9 Å². The van der Waals surface area contributed by atoms with E-state index in [-0.39, 0.29) is 31.6 Å². The molecule has 1 rings (SSSR count). The zero-order valence-electron chi connectivity index (χ0n) is 14.1. The highest BCUT2D eigenvalue weighted by Gasteiger charge is 2.53. The van der Waals surface area contributed by atoms with Gasteiger partial charge < -0.3 is 35.3 Å². The van der Waals surface area contributed by atoms with Crippen molar-refractivity contribution in [2.75, 3.05) is 13.7 Å². The summed E-state index contributed by atoms with van der Waals surface area (Å²) in [5.41, 5.74) is 3.83. The van der Waals surface area contributed by atoms with E-state index in [4.69, 9.17) is 15.2 Å². The van der Waals surface area contributed by atoms with Crippen molar-refractivity contribution >= 4 is 11.8 Å². The van der Waals surface area contributed by atoms with Crippen molar-refractivity contribution in [1.82, 2.24) is 0 Å². The minimum Gasteiger partial charge on any atom is -0.467 e. The minimum atomic E-state index is -1.54. The number of hydrogen-bond acceptors (Lipinski definition) is 8. The number of nitrogens with two attached hydrogens (primary N) is 1. The van der Waals surface area contributed by atoms with Gasteiger partial charge in [0.05, 0.1) is 25.4 Å². The predicted molar refractivity (Wildman–Crippen MR) is 84.9 cm³/mol. The van der Waals surface area contributed by atoms with E-state index in [1.54, 1.807) is 0 Å². The zero-order valence-corrected chi connectivity index (χ0v) is 14.1. The van der Waals surface area contributed by atoms with Gasteiger partial charge in [0.25, 0.3) is 0 Å². The number of esters is 1. The van der Waals surface area contributed by atoms with E-state index in [9.17, 15) is 24.9 Å². The number of carbonyl (C=O) groups is 2. The van der Waals surface area contributed by atoms with Crippen LogP contribution < -0.4 is 5.73 Å². The van der Waals surface area contributed by atoms with Gasteiger partial charge in [0, 0.05) is 31.7 Å². The van der Waals surface area contributed by atoms with E-state index < -0.39 is 41.9 Å². The monoisotopic (exact) mass is 345 g/mol. The Hall–Kier alpha value is -1.32. The van der Waals surface area contributed by atoms with E-state index >= 15 is 0 Å². The molecule has 24 heavy (non-hydrogen) atoms. The molecule has 1 heterocycles. The summed E-state index contributed by atoms with van der Waals surface area (Å²) in [6, 6.07) is 0. The third-order valence-corrected chi connectivity index (χ3v) is 4.34. The topological polar surface area (TPSA) is 139 Å². The Kier molecular flexibility index (Phi) is 7.50. The molecule has 0 saturated carbocycles. The number of rotatable bonds is 8.